The van der Waals surface area contributed by atoms with Crippen LogP contribution in [-0.4, -0.2) is 16.4 Å². The summed E-state index contributed by atoms with van der Waals surface area (Å²) in [6.07, 6.45) is 18.1. The second kappa shape index (κ2) is 20.5. The molecule has 84 heavy (non-hydrogen) atoms. The van der Waals surface area contributed by atoms with Gasteiger partial charge in [0.2, 0.25) is 0 Å². The average Bonchev–Trinajstić information content (AvgIpc) is 0.936. The molecule has 0 radical (unpaired) electrons. The van der Waals surface area contributed by atoms with Gasteiger partial charge >= 0.3 is 6.85 Å². The molecule has 5 heterocycles. The van der Waals surface area contributed by atoms with Crippen LogP contribution in [0.2, 0.25) is 0 Å². The summed E-state index contributed by atoms with van der Waals surface area (Å²) in [5.74, 6) is 7.30. The number of aromatic nitrogens is 2. The van der Waals surface area contributed by atoms with Crippen molar-refractivity contribution in [2.24, 2.45) is 23.7 Å². The molecule has 4 bridgehead atoms. The van der Waals surface area contributed by atoms with Crippen molar-refractivity contribution in [3.63, 3.8) is 0 Å². The minimum atomic E-state index is -0.136. The third-order valence-corrected chi connectivity index (χ3v) is 19.2. The smallest absolute Gasteiger partial charge is 0.316 e. The summed E-state index contributed by atoms with van der Waals surface area (Å²) in [6.45, 7) is 2.36. The number of fused-ring (bicyclic) bond motifs is 7. The van der Waals surface area contributed by atoms with Crippen molar-refractivity contribution in [2.75, 3.05) is 14.6 Å². The zero-order valence-electron chi connectivity index (χ0n) is 46.2. The molecule has 0 amide bonds. The van der Waals surface area contributed by atoms with Crippen LogP contribution in [0, 0.1) is 42.5 Å². The molecule has 4 saturated carbocycles. The predicted octanol–water partition coefficient (Wildman–Crippen LogP) is 18.7. The first-order valence-corrected chi connectivity index (χ1v) is 29.5. The molecule has 8 heteroatoms. The minimum absolute atomic E-state index is 0. The molecule has 6 nitrogen and oxygen atoms in total. The molecule has 0 atom stereocenters. The minimum Gasteiger partial charge on any atom is -0.509 e. The van der Waals surface area contributed by atoms with Crippen molar-refractivity contribution >= 4 is 63.2 Å². The average molecular weight is 1260 g/mol. The van der Waals surface area contributed by atoms with Crippen molar-refractivity contribution in [3.8, 4) is 50.7 Å². The van der Waals surface area contributed by atoms with Gasteiger partial charge in [0.1, 0.15) is 5.82 Å². The van der Waals surface area contributed by atoms with E-state index in [9.17, 15) is 0 Å². The first kappa shape index (κ1) is 50.8. The number of anilines is 5. The van der Waals surface area contributed by atoms with Gasteiger partial charge in [0.25, 0.3) is 0 Å². The van der Waals surface area contributed by atoms with E-state index >= 15 is 0 Å². The topological polar surface area (TPSA) is 36.8 Å². The molecule has 9 aromatic carbocycles. The van der Waals surface area contributed by atoms with E-state index in [2.05, 4.69) is 293 Å². The molecular formula is C76H57BN5OPt-3. The molecule has 18 rings (SSSR count). The molecule has 4 fully saturated rings. The molecule has 0 spiro atoms. The van der Waals surface area contributed by atoms with Crippen molar-refractivity contribution in [2.45, 2.75) is 37.5 Å². The second-order valence-corrected chi connectivity index (χ2v) is 23.6. The van der Waals surface area contributed by atoms with E-state index < -0.39 is 0 Å². The van der Waals surface area contributed by atoms with Crippen LogP contribution >= 0.6 is 0 Å². The van der Waals surface area contributed by atoms with E-state index in [-0.39, 0.29) is 33.3 Å². The second-order valence-electron chi connectivity index (χ2n) is 23.6. The Morgan fingerprint density at radius 3 is 1.92 bits per heavy atom. The quantitative estimate of drug-likeness (QED) is 0.101. The molecule has 3 aliphatic heterocycles. The summed E-state index contributed by atoms with van der Waals surface area (Å²) >= 11 is 0. The van der Waals surface area contributed by atoms with Crippen LogP contribution in [0.3, 0.4) is 0 Å². The van der Waals surface area contributed by atoms with Crippen molar-refractivity contribution in [1.82, 2.24) is 9.55 Å². The zero-order valence-corrected chi connectivity index (χ0v) is 48.5. The van der Waals surface area contributed by atoms with Crippen molar-refractivity contribution in [1.29, 1.82) is 0 Å². The summed E-state index contributed by atoms with van der Waals surface area (Å²) in [4.78, 5) is 12.4. The van der Waals surface area contributed by atoms with Gasteiger partial charge in [-0.15, -0.1) is 53.6 Å². The SMILES string of the molecule is [Pt].[c-]1c(Oc2[c-]c3c(cc2)c2ccccc2n3-c2cc(C3(C4=CC=CN5B4C=Cc4ccccc45)C4CC5CC(C4)CC3C5)ccn2)cc(-c2ccccc2)cc1N1[CH-]N(c2c(-c3ccccc3)cccc2-c2ccccc2)c2ccccc21. The molecule has 408 valence electrons. The Hall–Kier alpha value is -8.90. The van der Waals surface area contributed by atoms with Crippen molar-refractivity contribution < 1.29 is 25.8 Å². The third-order valence-electron chi connectivity index (χ3n) is 19.2. The van der Waals surface area contributed by atoms with Crippen LogP contribution in [0.1, 0.15) is 43.2 Å². The maximum atomic E-state index is 7.12. The Kier molecular flexibility index (Phi) is 12.4. The molecule has 2 aromatic heterocycles. The Bertz CT molecular complexity index is 4370. The van der Waals surface area contributed by atoms with Crippen LogP contribution < -0.4 is 19.3 Å². The van der Waals surface area contributed by atoms with Gasteiger partial charge < -0.3 is 23.9 Å². The van der Waals surface area contributed by atoms with E-state index in [0.717, 1.165) is 95.6 Å². The van der Waals surface area contributed by atoms with E-state index in [4.69, 9.17) is 9.72 Å². The first-order valence-electron chi connectivity index (χ1n) is 29.5. The molecule has 0 N–H and O–H groups in total. The third kappa shape index (κ3) is 8.14. The number of benzene rings is 9. The number of para-hydroxylation sites is 5. The van der Waals surface area contributed by atoms with Gasteiger partial charge in [-0.05, 0) is 138 Å². The molecule has 0 saturated heterocycles. The summed E-state index contributed by atoms with van der Waals surface area (Å²) in [6, 6.07) is 85.9. The maximum Gasteiger partial charge on any atom is 0.316 e. The zero-order chi connectivity index (χ0) is 54.6. The van der Waals surface area contributed by atoms with Gasteiger partial charge in [-0.1, -0.05) is 187 Å². The molecule has 4 aliphatic carbocycles. The van der Waals surface area contributed by atoms with Gasteiger partial charge in [-0.25, -0.2) is 4.98 Å². The summed E-state index contributed by atoms with van der Waals surface area (Å²) in [5, 5.41) is 2.25. The van der Waals surface area contributed by atoms with E-state index in [1.807, 2.05) is 0 Å². The monoisotopic (exact) mass is 1260 g/mol. The number of hydrogen-bond donors (Lipinski definition) is 0. The Labute approximate surface area is 506 Å². The van der Waals surface area contributed by atoms with Gasteiger partial charge in [-0.3, -0.25) is 0 Å². The normalized spacial score (nSPS) is 20.6. The van der Waals surface area contributed by atoms with Gasteiger partial charge in [0, 0.05) is 83.6 Å². The van der Waals surface area contributed by atoms with Crippen LogP contribution in [0.5, 0.6) is 11.5 Å². The standard InChI is InChI=1S/C76H57BN5O.Pt/c1-4-18-53(19-5-1)57-45-61(79-50-80(71-31-15-14-30-70(71)79)75-64(54-20-6-2-7-21-54)26-16-27-65(75)55-22-8-3-9-23-55)48-63(46-57)83-62-33-34-67-66-25-11-13-29-69(66)82(72(67)49-62)74-47-58(36-38-78-74)76(59-41-51-40-52(43-59)44-60(76)42-51)73-32-17-39-81-68-28-12-10-24-56(68)35-37-77(73)81;/h1-39,45-47,50-52,59-60H,40-44H2;/q-3;. The molecule has 11 aromatic rings. The number of rotatable bonds is 10. The van der Waals surface area contributed by atoms with E-state index in [1.165, 1.54) is 54.4 Å². The maximum absolute atomic E-state index is 7.12. The number of hydrogen-bond acceptors (Lipinski definition) is 5. The molecule has 0 unspecified atom stereocenters. The fourth-order valence-corrected chi connectivity index (χ4v) is 16.1. The van der Waals surface area contributed by atoms with Crippen LogP contribution in [-0.2, 0) is 26.5 Å². The van der Waals surface area contributed by atoms with Gasteiger partial charge in [-0.2, -0.15) is 6.07 Å². The molecular weight excluding hydrogens is 1200 g/mol. The van der Waals surface area contributed by atoms with Crippen LogP contribution in [0.4, 0.5) is 28.4 Å². The Morgan fingerprint density at radius 2 is 1.19 bits per heavy atom. The largest absolute Gasteiger partial charge is 0.509 e. The number of nitrogens with zero attached hydrogens (tertiary/aromatic N) is 5. The number of allylic oxidation sites excluding steroid dienone is 3. The number of pyridine rings is 1. The summed E-state index contributed by atoms with van der Waals surface area (Å²) < 4.78 is 9.45. The van der Waals surface area contributed by atoms with E-state index in [0.29, 0.717) is 23.3 Å². The summed E-state index contributed by atoms with van der Waals surface area (Å²) in [5.41, 5.74) is 18.1. The Balaban J connectivity index is 0.00000577. The fraction of sp³-hybridized carbons (Fsp3) is 0.132. The first-order chi connectivity index (χ1) is 41.1. The fourth-order valence-electron chi connectivity index (χ4n) is 16.1. The van der Waals surface area contributed by atoms with E-state index in [1.54, 1.807) is 0 Å². The predicted molar refractivity (Wildman–Crippen MR) is 340 cm³/mol. The van der Waals surface area contributed by atoms with Gasteiger partial charge in [0.05, 0.1) is 0 Å². The summed E-state index contributed by atoms with van der Waals surface area (Å²) in [7, 11) is 0. The molecule has 7 aliphatic rings. The van der Waals surface area contributed by atoms with Crippen LogP contribution in [0.25, 0.3) is 67.1 Å². The van der Waals surface area contributed by atoms with Crippen molar-refractivity contribution in [3.05, 3.63) is 284 Å². The van der Waals surface area contributed by atoms with Gasteiger partial charge in [0.15, 0.2) is 0 Å². The Morgan fingerprint density at radius 1 is 0.548 bits per heavy atom. The van der Waals surface area contributed by atoms with Crippen LogP contribution in [0.15, 0.2) is 254 Å². The number of ether oxygens (including phenoxy) is 1.